The molecule has 0 radical (unpaired) electrons. The van der Waals surface area contributed by atoms with E-state index in [1.54, 1.807) is 54.7 Å². The highest BCUT2D eigenvalue weighted by Gasteiger charge is 2.18. The van der Waals surface area contributed by atoms with Gasteiger partial charge < -0.3 is 10.2 Å². The fourth-order valence-corrected chi connectivity index (χ4v) is 2.13. The molecule has 1 aromatic heterocycles. The summed E-state index contributed by atoms with van der Waals surface area (Å²) in [4.78, 5) is 15.4. The maximum atomic E-state index is 11.4. The van der Waals surface area contributed by atoms with Crippen LogP contribution in [0.5, 0.6) is 5.75 Å². The molecule has 6 heteroatoms. The Bertz CT molecular complexity index is 876. The highest BCUT2D eigenvalue weighted by Crippen LogP contribution is 2.37. The van der Waals surface area contributed by atoms with Gasteiger partial charge in [-0.15, -0.1) is 10.2 Å². The number of aromatic nitrogens is 1. The predicted octanol–water partition coefficient (Wildman–Crippen LogP) is 4.05. The van der Waals surface area contributed by atoms with E-state index in [1.807, 2.05) is 0 Å². The number of rotatable bonds is 3. The number of benzene rings is 2. The molecule has 1 heterocycles. The second kappa shape index (κ2) is 5.61. The molecule has 0 aliphatic rings. The van der Waals surface area contributed by atoms with Crippen LogP contribution in [-0.4, -0.2) is 21.2 Å². The van der Waals surface area contributed by atoms with Crippen LogP contribution in [0, 0.1) is 0 Å². The first-order valence-electron chi connectivity index (χ1n) is 6.47. The molecule has 0 saturated heterocycles. The van der Waals surface area contributed by atoms with E-state index in [2.05, 4.69) is 15.2 Å². The van der Waals surface area contributed by atoms with E-state index in [4.69, 9.17) is 0 Å². The molecule has 0 atom stereocenters. The zero-order valence-corrected chi connectivity index (χ0v) is 11.3. The lowest BCUT2D eigenvalue weighted by atomic mass is 10.0. The van der Waals surface area contributed by atoms with Crippen molar-refractivity contribution in [2.75, 3.05) is 0 Å². The molecule has 0 aliphatic heterocycles. The molecule has 6 nitrogen and oxygen atoms in total. The quantitative estimate of drug-likeness (QED) is 0.712. The summed E-state index contributed by atoms with van der Waals surface area (Å²) in [5.74, 6) is -1.26. The van der Waals surface area contributed by atoms with Crippen LogP contribution in [0.4, 0.5) is 11.5 Å². The van der Waals surface area contributed by atoms with E-state index in [9.17, 15) is 15.0 Å². The third-order valence-corrected chi connectivity index (χ3v) is 3.13. The van der Waals surface area contributed by atoms with Gasteiger partial charge in [-0.05, 0) is 23.6 Å². The number of fused-ring (bicyclic) bond motifs is 1. The largest absolute Gasteiger partial charge is 0.505 e. The zero-order chi connectivity index (χ0) is 15.5. The molecule has 3 aromatic rings. The minimum absolute atomic E-state index is 0.0850. The van der Waals surface area contributed by atoms with Crippen LogP contribution in [0.25, 0.3) is 10.8 Å². The third-order valence-electron chi connectivity index (χ3n) is 3.13. The Morgan fingerprint density at radius 3 is 2.55 bits per heavy atom. The molecular weight excluding hydrogens is 282 g/mol. The van der Waals surface area contributed by atoms with E-state index in [0.717, 1.165) is 0 Å². The van der Waals surface area contributed by atoms with Gasteiger partial charge in [-0.2, -0.15) is 0 Å². The summed E-state index contributed by atoms with van der Waals surface area (Å²) in [7, 11) is 0. The Morgan fingerprint density at radius 1 is 1.05 bits per heavy atom. The molecule has 3 rings (SSSR count). The first-order valence-corrected chi connectivity index (χ1v) is 6.47. The summed E-state index contributed by atoms with van der Waals surface area (Å²) in [6, 6.07) is 13.6. The number of hydrogen-bond donors (Lipinski definition) is 2. The van der Waals surface area contributed by atoms with Gasteiger partial charge in [0.1, 0.15) is 11.3 Å². The molecule has 0 amide bonds. The number of aromatic hydroxyl groups is 1. The number of azo groups is 1. The minimum atomic E-state index is -1.22. The van der Waals surface area contributed by atoms with Gasteiger partial charge in [0, 0.05) is 11.6 Å². The van der Waals surface area contributed by atoms with Crippen molar-refractivity contribution in [3.05, 3.63) is 60.3 Å². The molecule has 0 unspecified atom stereocenters. The number of hydrogen-bond acceptors (Lipinski definition) is 5. The van der Waals surface area contributed by atoms with Crippen molar-refractivity contribution >= 4 is 28.2 Å². The molecule has 0 bridgehead atoms. The molecular formula is C16H11N3O3. The fourth-order valence-electron chi connectivity index (χ4n) is 2.13. The first kappa shape index (κ1) is 13.7. The van der Waals surface area contributed by atoms with E-state index < -0.39 is 11.7 Å². The van der Waals surface area contributed by atoms with Gasteiger partial charge in [-0.3, -0.25) is 0 Å². The maximum Gasteiger partial charge on any atom is 0.340 e. The van der Waals surface area contributed by atoms with Crippen molar-refractivity contribution in [1.29, 1.82) is 0 Å². The van der Waals surface area contributed by atoms with Crippen LogP contribution in [0.2, 0.25) is 0 Å². The molecule has 0 saturated carbocycles. The normalized spacial score (nSPS) is 11.1. The summed E-state index contributed by atoms with van der Waals surface area (Å²) in [6.07, 6.45) is 1.57. The second-order valence-electron chi connectivity index (χ2n) is 4.53. The van der Waals surface area contributed by atoms with Crippen molar-refractivity contribution in [3.63, 3.8) is 0 Å². The van der Waals surface area contributed by atoms with Gasteiger partial charge in [0.2, 0.25) is 0 Å². The van der Waals surface area contributed by atoms with Gasteiger partial charge in [0.25, 0.3) is 0 Å². The topological polar surface area (TPSA) is 95.1 Å². The molecule has 0 fully saturated rings. The van der Waals surface area contributed by atoms with Gasteiger partial charge in [0.05, 0.1) is 0 Å². The number of aromatic carboxylic acids is 1. The van der Waals surface area contributed by atoms with Crippen molar-refractivity contribution in [3.8, 4) is 5.75 Å². The summed E-state index contributed by atoms with van der Waals surface area (Å²) >= 11 is 0. The summed E-state index contributed by atoms with van der Waals surface area (Å²) in [5, 5.41) is 28.4. The first-order chi connectivity index (χ1) is 10.7. The van der Waals surface area contributed by atoms with E-state index in [0.29, 0.717) is 16.6 Å². The Kier molecular flexibility index (Phi) is 3.49. The Labute approximate surface area is 125 Å². The van der Waals surface area contributed by atoms with Crippen LogP contribution in [-0.2, 0) is 0 Å². The third kappa shape index (κ3) is 2.49. The average Bonchev–Trinajstić information content (AvgIpc) is 2.53. The van der Waals surface area contributed by atoms with Gasteiger partial charge in [-0.25, -0.2) is 9.78 Å². The summed E-state index contributed by atoms with van der Waals surface area (Å²) < 4.78 is 0. The number of pyridine rings is 1. The van der Waals surface area contributed by atoms with Crippen molar-refractivity contribution in [2.45, 2.75) is 0 Å². The Balaban J connectivity index is 2.16. The van der Waals surface area contributed by atoms with Crippen LogP contribution in [0.1, 0.15) is 10.4 Å². The molecule has 2 aromatic carbocycles. The maximum absolute atomic E-state index is 11.4. The standard InChI is InChI=1S/C16H11N3O3/c20-15-12(18-19-13-7-3-4-8-17-13)9-10-5-1-2-6-11(10)14(15)16(21)22/h1-9,20H,(H,21,22)/b19-18+. The van der Waals surface area contributed by atoms with Gasteiger partial charge in [-0.1, -0.05) is 30.3 Å². The SMILES string of the molecule is O=C(O)c1c(O)c(/N=N/c2ccccn2)cc2ccccc12. The summed E-state index contributed by atoms with van der Waals surface area (Å²) in [5.41, 5.74) is -0.102. The molecule has 22 heavy (non-hydrogen) atoms. The van der Waals surface area contributed by atoms with Gasteiger partial charge >= 0.3 is 5.97 Å². The number of carboxylic acids is 1. The van der Waals surface area contributed by atoms with Gasteiger partial charge in [0.15, 0.2) is 11.6 Å². The van der Waals surface area contributed by atoms with E-state index >= 15 is 0 Å². The molecule has 108 valence electrons. The highest BCUT2D eigenvalue weighted by atomic mass is 16.4. The second-order valence-corrected chi connectivity index (χ2v) is 4.53. The van der Waals surface area contributed by atoms with Crippen LogP contribution >= 0.6 is 0 Å². The lowest BCUT2D eigenvalue weighted by molar-refractivity contribution is 0.0696. The number of carbonyl (C=O) groups is 1. The van der Waals surface area contributed by atoms with Crippen molar-refractivity contribution in [1.82, 2.24) is 4.98 Å². The average molecular weight is 293 g/mol. The Hall–Kier alpha value is -3.28. The number of carboxylic acid groups (broad SMARTS) is 1. The zero-order valence-electron chi connectivity index (χ0n) is 11.3. The molecule has 0 aliphatic carbocycles. The fraction of sp³-hybridized carbons (Fsp3) is 0. The highest BCUT2D eigenvalue weighted by molar-refractivity contribution is 6.08. The van der Waals surface area contributed by atoms with Crippen LogP contribution < -0.4 is 0 Å². The molecule has 0 spiro atoms. The van der Waals surface area contributed by atoms with Crippen molar-refractivity contribution < 1.29 is 15.0 Å². The van der Waals surface area contributed by atoms with E-state index in [1.165, 1.54) is 0 Å². The van der Waals surface area contributed by atoms with Crippen LogP contribution in [0.15, 0.2) is 65.0 Å². The van der Waals surface area contributed by atoms with Crippen molar-refractivity contribution in [2.24, 2.45) is 10.2 Å². The lowest BCUT2D eigenvalue weighted by Gasteiger charge is -2.07. The number of phenols is 1. The predicted molar refractivity (Wildman–Crippen MR) is 81.0 cm³/mol. The smallest absolute Gasteiger partial charge is 0.340 e. The van der Waals surface area contributed by atoms with E-state index in [-0.39, 0.29) is 11.3 Å². The summed E-state index contributed by atoms with van der Waals surface area (Å²) in [6.45, 7) is 0. The monoisotopic (exact) mass is 293 g/mol. The van der Waals surface area contributed by atoms with Crippen LogP contribution in [0.3, 0.4) is 0 Å². The molecule has 2 N–H and O–H groups in total. The number of nitrogens with zero attached hydrogens (tertiary/aromatic N) is 3. The lowest BCUT2D eigenvalue weighted by Crippen LogP contribution is -1.98. The Morgan fingerprint density at radius 2 is 1.82 bits per heavy atom. The minimum Gasteiger partial charge on any atom is -0.505 e.